The third-order valence-corrected chi connectivity index (χ3v) is 4.32. The second-order valence-corrected chi connectivity index (χ2v) is 6.56. The quantitative estimate of drug-likeness (QED) is 0.515. The Hall–Kier alpha value is -3.06. The molecule has 0 aliphatic heterocycles. The maximum atomic E-state index is 13.5. The van der Waals surface area contributed by atoms with Crippen LogP contribution in [-0.4, -0.2) is 26.8 Å². The highest BCUT2D eigenvalue weighted by atomic mass is 19.4. The second-order valence-electron chi connectivity index (χ2n) is 6.56. The van der Waals surface area contributed by atoms with Crippen LogP contribution >= 0.6 is 0 Å². The first-order chi connectivity index (χ1) is 14.1. The van der Waals surface area contributed by atoms with Gasteiger partial charge in [-0.1, -0.05) is 0 Å². The molecule has 3 aromatic rings. The molecule has 3 rings (SSSR count). The van der Waals surface area contributed by atoms with Crippen molar-refractivity contribution in [1.29, 1.82) is 0 Å². The fourth-order valence-corrected chi connectivity index (χ4v) is 3.17. The van der Waals surface area contributed by atoms with Crippen molar-refractivity contribution in [3.63, 3.8) is 0 Å². The lowest BCUT2D eigenvalue weighted by atomic mass is 10.0. The molecule has 0 spiro atoms. The number of nitrogens with zero attached hydrogens (tertiary/aromatic N) is 4. The van der Waals surface area contributed by atoms with Gasteiger partial charge in [-0.05, 0) is 37.1 Å². The fourth-order valence-electron chi connectivity index (χ4n) is 3.17. The van der Waals surface area contributed by atoms with Gasteiger partial charge in [0.05, 0.1) is 16.6 Å². The monoisotopic (exact) mass is 457 g/mol. The van der Waals surface area contributed by atoms with Crippen LogP contribution in [0.4, 0.5) is 45.3 Å². The zero-order valence-corrected chi connectivity index (χ0v) is 15.8. The average molecular weight is 457 g/mol. The van der Waals surface area contributed by atoms with Gasteiger partial charge < -0.3 is 5.32 Å². The average Bonchev–Trinajstić information content (AvgIpc) is 2.95. The molecule has 14 heteroatoms. The molecule has 5 nitrogen and oxygen atoms in total. The van der Waals surface area contributed by atoms with Crippen LogP contribution < -0.4 is 5.32 Å². The van der Waals surface area contributed by atoms with Crippen LogP contribution in [0.3, 0.4) is 0 Å². The minimum absolute atomic E-state index is 0.0193. The second kappa shape index (κ2) is 6.99. The summed E-state index contributed by atoms with van der Waals surface area (Å²) in [5.74, 6) is -2.47. The Morgan fingerprint density at radius 2 is 1.35 bits per heavy atom. The van der Waals surface area contributed by atoms with Crippen molar-refractivity contribution in [2.75, 3.05) is 12.4 Å². The molecule has 0 aliphatic carbocycles. The first kappa shape index (κ1) is 22.6. The topological polar surface area (TPSA) is 55.6 Å². The van der Waals surface area contributed by atoms with Crippen molar-refractivity contribution in [3.05, 3.63) is 40.3 Å². The van der Waals surface area contributed by atoms with Gasteiger partial charge in [0, 0.05) is 7.05 Å². The lowest BCUT2D eigenvalue weighted by Gasteiger charge is -2.16. The van der Waals surface area contributed by atoms with Crippen molar-refractivity contribution >= 4 is 16.9 Å². The van der Waals surface area contributed by atoms with Crippen molar-refractivity contribution < 1.29 is 39.5 Å². The number of aryl methyl sites for hydroxylation is 2. The van der Waals surface area contributed by atoms with Crippen LogP contribution in [0, 0.1) is 13.8 Å². The van der Waals surface area contributed by atoms with Crippen LogP contribution in [0.1, 0.15) is 28.2 Å². The molecule has 0 bridgehead atoms. The van der Waals surface area contributed by atoms with E-state index in [9.17, 15) is 39.5 Å². The number of hydrogen-bond donors (Lipinski definition) is 1. The van der Waals surface area contributed by atoms with E-state index in [1.54, 1.807) is 0 Å². The van der Waals surface area contributed by atoms with Gasteiger partial charge >= 0.3 is 18.5 Å². The van der Waals surface area contributed by atoms with E-state index in [-0.39, 0.29) is 16.8 Å². The Morgan fingerprint density at radius 3 is 1.77 bits per heavy atom. The van der Waals surface area contributed by atoms with Crippen molar-refractivity contribution in [2.24, 2.45) is 0 Å². The number of benzene rings is 1. The standard InChI is InChI=1S/C17H12F9N5/c1-6-4-8(15(18,19)20)5-7(2)10(6)31-13(27-3)9-11(16(21,22)23)28-14(17(24,25)26)29-12(9)30-31/h4-5,27H,1-3H3. The maximum absolute atomic E-state index is 13.5. The van der Waals surface area contributed by atoms with E-state index >= 15 is 0 Å². The number of fused-ring (bicyclic) bond motifs is 1. The van der Waals surface area contributed by atoms with Gasteiger partial charge in [0.1, 0.15) is 5.82 Å². The maximum Gasteiger partial charge on any atom is 0.451 e. The molecule has 1 N–H and O–H groups in total. The molecule has 0 saturated heterocycles. The predicted octanol–water partition coefficient (Wildman–Crippen LogP) is 5.53. The molecule has 0 radical (unpaired) electrons. The Kier molecular flexibility index (Phi) is 5.10. The Labute approximate surface area is 167 Å². The first-order valence-electron chi connectivity index (χ1n) is 8.37. The predicted molar refractivity (Wildman–Crippen MR) is 90.7 cm³/mol. The highest BCUT2D eigenvalue weighted by molar-refractivity contribution is 5.91. The zero-order valence-electron chi connectivity index (χ0n) is 15.8. The van der Waals surface area contributed by atoms with E-state index in [4.69, 9.17) is 0 Å². The summed E-state index contributed by atoms with van der Waals surface area (Å²) in [5.41, 5.74) is -3.87. The number of alkyl halides is 9. The number of aromatic nitrogens is 4. The summed E-state index contributed by atoms with van der Waals surface area (Å²) in [6.45, 7) is 2.53. The summed E-state index contributed by atoms with van der Waals surface area (Å²) in [4.78, 5) is 5.75. The Balaban J connectivity index is 2.41. The molecule has 0 fully saturated rings. The van der Waals surface area contributed by atoms with E-state index in [0.717, 1.165) is 16.8 Å². The lowest BCUT2D eigenvalue weighted by molar-refractivity contribution is -0.151. The number of hydrogen-bond acceptors (Lipinski definition) is 4. The van der Waals surface area contributed by atoms with E-state index < -0.39 is 52.5 Å². The summed E-state index contributed by atoms with van der Waals surface area (Å²) in [6, 6.07) is 1.51. The minimum Gasteiger partial charge on any atom is -0.372 e. The van der Waals surface area contributed by atoms with E-state index in [0.29, 0.717) is 0 Å². The summed E-state index contributed by atoms with van der Waals surface area (Å²) >= 11 is 0. The van der Waals surface area contributed by atoms with Gasteiger partial charge in [-0.3, -0.25) is 0 Å². The molecule has 0 amide bonds. The molecule has 0 aliphatic rings. The largest absolute Gasteiger partial charge is 0.451 e. The highest BCUT2D eigenvalue weighted by Gasteiger charge is 2.43. The summed E-state index contributed by atoms with van der Waals surface area (Å²) in [5, 5.41) is 5.30. The van der Waals surface area contributed by atoms with Crippen molar-refractivity contribution in [2.45, 2.75) is 32.4 Å². The summed E-state index contributed by atoms with van der Waals surface area (Å²) in [6.07, 6.45) is -15.2. The molecule has 1 aromatic carbocycles. The van der Waals surface area contributed by atoms with Gasteiger partial charge in [0.25, 0.3) is 0 Å². The highest BCUT2D eigenvalue weighted by Crippen LogP contribution is 2.40. The van der Waals surface area contributed by atoms with E-state index in [1.807, 2.05) is 0 Å². The lowest BCUT2D eigenvalue weighted by Crippen LogP contribution is -2.17. The molecule has 0 atom stereocenters. The summed E-state index contributed by atoms with van der Waals surface area (Å²) < 4.78 is 120. The van der Waals surface area contributed by atoms with Gasteiger partial charge in [-0.25, -0.2) is 14.6 Å². The molecule has 0 unspecified atom stereocenters. The Morgan fingerprint density at radius 1 is 0.806 bits per heavy atom. The van der Waals surface area contributed by atoms with Gasteiger partial charge in [-0.15, -0.1) is 5.10 Å². The Bertz CT molecular complexity index is 1130. The minimum atomic E-state index is -5.29. The molecule has 2 aromatic heterocycles. The van der Waals surface area contributed by atoms with Crippen LogP contribution in [0.25, 0.3) is 16.7 Å². The zero-order chi connectivity index (χ0) is 23.5. The molecule has 2 heterocycles. The van der Waals surface area contributed by atoms with E-state index in [2.05, 4.69) is 20.4 Å². The third kappa shape index (κ3) is 3.97. The smallest absolute Gasteiger partial charge is 0.372 e. The normalized spacial score (nSPS) is 13.2. The van der Waals surface area contributed by atoms with Crippen molar-refractivity contribution in [1.82, 2.24) is 19.7 Å². The van der Waals surface area contributed by atoms with Crippen molar-refractivity contribution in [3.8, 4) is 5.69 Å². The van der Waals surface area contributed by atoms with Gasteiger partial charge in [0.2, 0.25) is 5.82 Å². The molecule has 168 valence electrons. The van der Waals surface area contributed by atoms with Crippen LogP contribution in [0.2, 0.25) is 0 Å². The first-order valence-corrected chi connectivity index (χ1v) is 8.37. The number of anilines is 1. The number of nitrogens with one attached hydrogen (secondary N) is 1. The van der Waals surface area contributed by atoms with Crippen LogP contribution in [0.5, 0.6) is 0 Å². The SMILES string of the molecule is CNc1c2c(C(F)(F)F)nc(C(F)(F)F)nc2nn1-c1c(C)cc(C(F)(F)F)cc1C. The molecular formula is C17H12F9N5. The van der Waals surface area contributed by atoms with Crippen LogP contribution in [-0.2, 0) is 18.5 Å². The van der Waals surface area contributed by atoms with Gasteiger partial charge in [0.15, 0.2) is 11.3 Å². The number of rotatable bonds is 2. The van der Waals surface area contributed by atoms with Gasteiger partial charge in [-0.2, -0.15) is 39.5 Å². The fraction of sp³-hybridized carbons (Fsp3) is 0.353. The molecule has 0 saturated carbocycles. The van der Waals surface area contributed by atoms with Crippen LogP contribution in [0.15, 0.2) is 12.1 Å². The number of halogens is 9. The molecule has 31 heavy (non-hydrogen) atoms. The molecular weight excluding hydrogens is 445 g/mol. The summed E-state index contributed by atoms with van der Waals surface area (Å²) in [7, 11) is 1.18. The third-order valence-electron chi connectivity index (χ3n) is 4.32. The van der Waals surface area contributed by atoms with E-state index in [1.165, 1.54) is 20.9 Å².